The van der Waals surface area contributed by atoms with E-state index in [1.165, 1.54) is 18.5 Å². The Morgan fingerprint density at radius 1 is 1.26 bits per heavy atom. The van der Waals surface area contributed by atoms with Gasteiger partial charge in [0.1, 0.15) is 5.82 Å². The molecule has 2 heterocycles. The van der Waals surface area contributed by atoms with Gasteiger partial charge in [0, 0.05) is 38.4 Å². The summed E-state index contributed by atoms with van der Waals surface area (Å²) in [5, 5.41) is 0. The van der Waals surface area contributed by atoms with E-state index in [4.69, 9.17) is 5.73 Å². The molecule has 1 saturated heterocycles. The lowest BCUT2D eigenvalue weighted by Gasteiger charge is -2.23. The molecule has 122 valence electrons. The number of aryl methyl sites for hydroxylation is 1. The molecular formula is C18H25N5. The second-order valence-corrected chi connectivity index (χ2v) is 6.48. The van der Waals surface area contributed by atoms with Crippen molar-refractivity contribution in [3.05, 3.63) is 47.7 Å². The van der Waals surface area contributed by atoms with E-state index in [1.54, 1.807) is 0 Å². The molecule has 0 bridgehead atoms. The molecule has 0 amide bonds. The lowest BCUT2D eigenvalue weighted by molar-refractivity contribution is 0.317. The smallest absolute Gasteiger partial charge is 0.222 e. The van der Waals surface area contributed by atoms with E-state index < -0.39 is 0 Å². The molecule has 1 aliphatic rings. The maximum absolute atomic E-state index is 5.76. The molecular weight excluding hydrogens is 286 g/mol. The van der Waals surface area contributed by atoms with E-state index >= 15 is 0 Å². The van der Waals surface area contributed by atoms with Crippen molar-refractivity contribution in [3.63, 3.8) is 0 Å². The van der Waals surface area contributed by atoms with Crippen LogP contribution in [0.25, 0.3) is 0 Å². The molecule has 0 aliphatic carbocycles. The average Bonchev–Trinajstić information content (AvgIpc) is 2.94. The standard InChI is InChI=1S/C18H25N5/c1-14-10-17(21-18(19)20-14)22(2)11-16-8-9-23(13-16)12-15-6-4-3-5-7-15/h3-7,10,16H,8-9,11-13H2,1-2H3,(H2,19,20,21)/t16-/m0/s1. The highest BCUT2D eigenvalue weighted by molar-refractivity contribution is 5.42. The van der Waals surface area contributed by atoms with E-state index in [0.29, 0.717) is 11.9 Å². The first-order valence-corrected chi connectivity index (χ1v) is 8.19. The fraction of sp³-hybridized carbons (Fsp3) is 0.444. The van der Waals surface area contributed by atoms with Gasteiger partial charge in [-0.15, -0.1) is 0 Å². The highest BCUT2D eigenvalue weighted by Crippen LogP contribution is 2.21. The summed E-state index contributed by atoms with van der Waals surface area (Å²) in [6.45, 7) is 6.30. The van der Waals surface area contributed by atoms with Crippen LogP contribution in [-0.4, -0.2) is 41.5 Å². The monoisotopic (exact) mass is 311 g/mol. The van der Waals surface area contributed by atoms with Crippen molar-refractivity contribution >= 4 is 11.8 Å². The van der Waals surface area contributed by atoms with Crippen molar-refractivity contribution in [3.8, 4) is 0 Å². The van der Waals surface area contributed by atoms with E-state index in [1.807, 2.05) is 13.0 Å². The summed E-state index contributed by atoms with van der Waals surface area (Å²) in [6, 6.07) is 12.7. The fourth-order valence-corrected chi connectivity index (χ4v) is 3.30. The Morgan fingerprint density at radius 2 is 2.04 bits per heavy atom. The molecule has 2 N–H and O–H groups in total. The molecule has 5 nitrogen and oxygen atoms in total. The zero-order chi connectivity index (χ0) is 16.2. The van der Waals surface area contributed by atoms with Crippen molar-refractivity contribution in [2.75, 3.05) is 37.3 Å². The number of aromatic nitrogens is 2. The molecule has 1 fully saturated rings. The molecule has 1 atom stereocenters. The largest absolute Gasteiger partial charge is 0.368 e. The predicted molar refractivity (Wildman–Crippen MR) is 94.3 cm³/mol. The number of hydrogen-bond acceptors (Lipinski definition) is 5. The molecule has 2 aromatic rings. The highest BCUT2D eigenvalue weighted by atomic mass is 15.2. The van der Waals surface area contributed by atoms with E-state index in [9.17, 15) is 0 Å². The first kappa shape index (κ1) is 15.7. The highest BCUT2D eigenvalue weighted by Gasteiger charge is 2.24. The number of anilines is 2. The van der Waals surface area contributed by atoms with Gasteiger partial charge in [-0.1, -0.05) is 30.3 Å². The molecule has 1 aromatic heterocycles. The Morgan fingerprint density at radius 3 is 2.78 bits per heavy atom. The van der Waals surface area contributed by atoms with Crippen LogP contribution in [-0.2, 0) is 6.54 Å². The normalized spacial score (nSPS) is 18.3. The van der Waals surface area contributed by atoms with Crippen molar-refractivity contribution in [2.45, 2.75) is 19.9 Å². The summed E-state index contributed by atoms with van der Waals surface area (Å²) in [5.41, 5.74) is 8.06. The van der Waals surface area contributed by atoms with Crippen LogP contribution < -0.4 is 10.6 Å². The maximum atomic E-state index is 5.76. The third-order valence-corrected chi connectivity index (χ3v) is 4.40. The van der Waals surface area contributed by atoms with Crippen molar-refractivity contribution in [2.24, 2.45) is 5.92 Å². The summed E-state index contributed by atoms with van der Waals surface area (Å²) in [7, 11) is 2.08. The SMILES string of the molecule is Cc1cc(N(C)C[C@@H]2CCN(Cc3ccccc3)C2)nc(N)n1. The van der Waals surface area contributed by atoms with Crippen LogP contribution in [0.15, 0.2) is 36.4 Å². The molecule has 0 saturated carbocycles. The Balaban J connectivity index is 1.55. The minimum Gasteiger partial charge on any atom is -0.368 e. The number of nitrogens with two attached hydrogens (primary N) is 1. The van der Waals surface area contributed by atoms with Gasteiger partial charge < -0.3 is 10.6 Å². The topological polar surface area (TPSA) is 58.3 Å². The molecule has 0 spiro atoms. The van der Waals surface area contributed by atoms with Crippen molar-refractivity contribution < 1.29 is 0 Å². The van der Waals surface area contributed by atoms with Gasteiger partial charge in [0.05, 0.1) is 0 Å². The number of likely N-dealkylation sites (tertiary alicyclic amines) is 1. The second-order valence-electron chi connectivity index (χ2n) is 6.48. The van der Waals surface area contributed by atoms with Crippen LogP contribution in [0.3, 0.4) is 0 Å². The zero-order valence-electron chi connectivity index (χ0n) is 13.9. The zero-order valence-corrected chi connectivity index (χ0v) is 13.9. The molecule has 3 rings (SSSR count). The Labute approximate surface area is 138 Å². The van der Waals surface area contributed by atoms with Crippen molar-refractivity contribution in [1.29, 1.82) is 0 Å². The molecule has 1 aromatic carbocycles. The quantitative estimate of drug-likeness (QED) is 0.918. The van der Waals surface area contributed by atoms with Gasteiger partial charge in [0.15, 0.2) is 0 Å². The second kappa shape index (κ2) is 6.96. The van der Waals surface area contributed by atoms with Gasteiger partial charge in [-0.05, 0) is 31.4 Å². The van der Waals surface area contributed by atoms with Crippen LogP contribution >= 0.6 is 0 Å². The van der Waals surface area contributed by atoms with Crippen LogP contribution in [0.1, 0.15) is 17.7 Å². The van der Waals surface area contributed by atoms with Gasteiger partial charge >= 0.3 is 0 Å². The molecule has 23 heavy (non-hydrogen) atoms. The minimum atomic E-state index is 0.351. The first-order valence-electron chi connectivity index (χ1n) is 8.19. The molecule has 5 heteroatoms. The van der Waals surface area contributed by atoms with Gasteiger partial charge in [-0.2, -0.15) is 4.98 Å². The molecule has 0 unspecified atom stereocenters. The summed E-state index contributed by atoms with van der Waals surface area (Å²) < 4.78 is 0. The van der Waals surface area contributed by atoms with E-state index in [-0.39, 0.29) is 0 Å². The van der Waals surface area contributed by atoms with Crippen LogP contribution in [0.4, 0.5) is 11.8 Å². The van der Waals surface area contributed by atoms with Crippen molar-refractivity contribution in [1.82, 2.24) is 14.9 Å². The Kier molecular flexibility index (Phi) is 4.76. The van der Waals surface area contributed by atoms with Gasteiger partial charge in [0.2, 0.25) is 5.95 Å². The van der Waals surface area contributed by atoms with Gasteiger partial charge in [-0.25, -0.2) is 4.98 Å². The van der Waals surface area contributed by atoms with Gasteiger partial charge in [0.25, 0.3) is 0 Å². The summed E-state index contributed by atoms with van der Waals surface area (Å²) >= 11 is 0. The van der Waals surface area contributed by atoms with E-state index in [2.05, 4.69) is 57.1 Å². The number of nitrogens with zero attached hydrogens (tertiary/aromatic N) is 4. The number of hydrogen-bond donors (Lipinski definition) is 1. The Bertz CT molecular complexity index is 623. The number of rotatable bonds is 5. The van der Waals surface area contributed by atoms with Gasteiger partial charge in [-0.3, -0.25) is 4.90 Å². The molecule has 1 aliphatic heterocycles. The van der Waals surface area contributed by atoms with Crippen LogP contribution in [0.5, 0.6) is 0 Å². The summed E-state index contributed by atoms with van der Waals surface area (Å²) in [5.74, 6) is 1.93. The first-order chi connectivity index (χ1) is 11.1. The minimum absolute atomic E-state index is 0.351. The molecule has 0 radical (unpaired) electrons. The summed E-state index contributed by atoms with van der Waals surface area (Å²) in [4.78, 5) is 13.2. The third kappa shape index (κ3) is 4.20. The lowest BCUT2D eigenvalue weighted by Crippen LogP contribution is -2.29. The Hall–Kier alpha value is -2.14. The predicted octanol–water partition coefficient (Wildman–Crippen LogP) is 2.33. The average molecular weight is 311 g/mol. The van der Waals surface area contributed by atoms with Crippen LogP contribution in [0.2, 0.25) is 0 Å². The van der Waals surface area contributed by atoms with Crippen LogP contribution in [0, 0.1) is 12.8 Å². The van der Waals surface area contributed by atoms with E-state index in [0.717, 1.165) is 31.1 Å². The maximum Gasteiger partial charge on any atom is 0.222 e. The number of benzene rings is 1. The lowest BCUT2D eigenvalue weighted by atomic mass is 10.1. The number of nitrogen functional groups attached to an aromatic ring is 1. The fourth-order valence-electron chi connectivity index (χ4n) is 3.30. The summed E-state index contributed by atoms with van der Waals surface area (Å²) in [6.07, 6.45) is 1.23. The third-order valence-electron chi connectivity index (χ3n) is 4.40.